The molecule has 2 rings (SSSR count). The molecule has 8 heteroatoms. The van der Waals surface area contributed by atoms with E-state index in [1.165, 1.54) is 12.1 Å². The standard InChI is InChI=1S/C21H23F5N2O/c1-2-3-4-5-6-19(29)28-20-17(22)11-16(12-18(20)23)27-13-14-7-9-15(10-8-14)21(24,25)26/h7-12,27H,2-6,13H2,1H3,(H,28,29). The molecule has 29 heavy (non-hydrogen) atoms. The summed E-state index contributed by atoms with van der Waals surface area (Å²) in [6, 6.07) is 6.51. The quantitative estimate of drug-likeness (QED) is 0.363. The maximum Gasteiger partial charge on any atom is 0.416 e. The van der Waals surface area contributed by atoms with E-state index in [1.807, 2.05) is 6.92 Å². The number of rotatable bonds is 9. The third-order valence-electron chi connectivity index (χ3n) is 4.34. The van der Waals surface area contributed by atoms with Crippen molar-refractivity contribution in [2.75, 3.05) is 10.6 Å². The number of carbonyl (C=O) groups excluding carboxylic acids is 1. The molecule has 0 unspecified atom stereocenters. The first-order chi connectivity index (χ1) is 13.7. The van der Waals surface area contributed by atoms with Crippen LogP contribution in [0.15, 0.2) is 36.4 Å². The molecule has 0 bridgehead atoms. The van der Waals surface area contributed by atoms with Crippen LogP contribution in [0.2, 0.25) is 0 Å². The van der Waals surface area contributed by atoms with Crippen molar-refractivity contribution in [3.63, 3.8) is 0 Å². The first-order valence-electron chi connectivity index (χ1n) is 9.39. The SMILES string of the molecule is CCCCCCC(=O)Nc1c(F)cc(NCc2ccc(C(F)(F)F)cc2)cc1F. The Morgan fingerprint density at radius 3 is 2.14 bits per heavy atom. The maximum atomic E-state index is 14.2. The van der Waals surface area contributed by atoms with E-state index in [0.29, 0.717) is 12.0 Å². The zero-order valence-corrected chi connectivity index (χ0v) is 16.0. The lowest BCUT2D eigenvalue weighted by Crippen LogP contribution is -2.14. The summed E-state index contributed by atoms with van der Waals surface area (Å²) in [5, 5.41) is 5.01. The Morgan fingerprint density at radius 1 is 0.966 bits per heavy atom. The average molecular weight is 414 g/mol. The van der Waals surface area contributed by atoms with Crippen LogP contribution in [0.1, 0.15) is 50.2 Å². The summed E-state index contributed by atoms with van der Waals surface area (Å²) in [7, 11) is 0. The van der Waals surface area contributed by atoms with Crippen molar-refractivity contribution in [2.24, 2.45) is 0 Å². The van der Waals surface area contributed by atoms with E-state index in [4.69, 9.17) is 0 Å². The molecule has 0 spiro atoms. The van der Waals surface area contributed by atoms with Crippen molar-refractivity contribution >= 4 is 17.3 Å². The molecule has 3 nitrogen and oxygen atoms in total. The summed E-state index contributed by atoms with van der Waals surface area (Å²) in [5.74, 6) is -2.31. The number of amides is 1. The van der Waals surface area contributed by atoms with Gasteiger partial charge in [0, 0.05) is 18.7 Å². The van der Waals surface area contributed by atoms with Crippen molar-refractivity contribution in [3.8, 4) is 0 Å². The van der Waals surface area contributed by atoms with Crippen molar-refractivity contribution in [2.45, 2.75) is 51.7 Å². The smallest absolute Gasteiger partial charge is 0.381 e. The predicted molar refractivity (Wildman–Crippen MR) is 103 cm³/mol. The maximum absolute atomic E-state index is 14.2. The van der Waals surface area contributed by atoms with Crippen molar-refractivity contribution in [1.82, 2.24) is 0 Å². The van der Waals surface area contributed by atoms with Gasteiger partial charge in [-0.2, -0.15) is 13.2 Å². The Hall–Kier alpha value is -2.64. The molecule has 0 aliphatic carbocycles. The van der Waals surface area contributed by atoms with Gasteiger partial charge in [-0.15, -0.1) is 0 Å². The summed E-state index contributed by atoms with van der Waals surface area (Å²) in [4.78, 5) is 11.8. The average Bonchev–Trinajstić information content (AvgIpc) is 2.66. The highest BCUT2D eigenvalue weighted by atomic mass is 19.4. The van der Waals surface area contributed by atoms with Gasteiger partial charge in [-0.3, -0.25) is 4.79 Å². The molecule has 1 amide bonds. The second-order valence-electron chi connectivity index (χ2n) is 6.72. The molecule has 0 saturated carbocycles. The second kappa shape index (κ2) is 10.2. The lowest BCUT2D eigenvalue weighted by atomic mass is 10.1. The fraction of sp³-hybridized carbons (Fsp3) is 0.381. The number of hydrogen-bond donors (Lipinski definition) is 2. The first kappa shape index (κ1) is 22.6. The molecule has 2 aromatic rings. The molecule has 2 aromatic carbocycles. The van der Waals surface area contributed by atoms with Crippen LogP contribution in [0.25, 0.3) is 0 Å². The van der Waals surface area contributed by atoms with Crippen LogP contribution in [-0.2, 0) is 17.5 Å². The molecule has 0 aliphatic rings. The number of benzene rings is 2. The minimum absolute atomic E-state index is 0.0835. The molecule has 0 radical (unpaired) electrons. The van der Waals surface area contributed by atoms with E-state index < -0.39 is 35.0 Å². The zero-order chi connectivity index (χ0) is 21.4. The Balaban J connectivity index is 1.95. The molecule has 0 fully saturated rings. The molecular weight excluding hydrogens is 391 g/mol. The fourth-order valence-corrected chi connectivity index (χ4v) is 2.72. The third kappa shape index (κ3) is 7.03. The lowest BCUT2D eigenvalue weighted by Gasteiger charge is -2.12. The summed E-state index contributed by atoms with van der Waals surface area (Å²) < 4.78 is 66.1. The molecule has 0 aromatic heterocycles. The second-order valence-corrected chi connectivity index (χ2v) is 6.72. The minimum atomic E-state index is -4.42. The van der Waals surface area contributed by atoms with Gasteiger partial charge in [-0.05, 0) is 36.2 Å². The van der Waals surface area contributed by atoms with Crippen LogP contribution in [0.3, 0.4) is 0 Å². The zero-order valence-electron chi connectivity index (χ0n) is 16.0. The van der Waals surface area contributed by atoms with Crippen molar-refractivity contribution < 1.29 is 26.7 Å². The molecule has 2 N–H and O–H groups in total. The van der Waals surface area contributed by atoms with Gasteiger partial charge in [0.2, 0.25) is 5.91 Å². The van der Waals surface area contributed by atoms with Crippen LogP contribution >= 0.6 is 0 Å². The minimum Gasteiger partial charge on any atom is -0.381 e. The van der Waals surface area contributed by atoms with Gasteiger partial charge < -0.3 is 10.6 Å². The highest BCUT2D eigenvalue weighted by Crippen LogP contribution is 2.29. The Bertz CT molecular complexity index is 796. The summed E-state index contributed by atoms with van der Waals surface area (Å²) in [6.45, 7) is 2.12. The molecular formula is C21H23F5N2O. The van der Waals surface area contributed by atoms with Gasteiger partial charge in [0.15, 0.2) is 11.6 Å². The Labute approximate surface area is 166 Å². The molecule has 158 valence electrons. The number of hydrogen-bond acceptors (Lipinski definition) is 2. The van der Waals surface area contributed by atoms with E-state index in [0.717, 1.165) is 43.5 Å². The Kier molecular flexibility index (Phi) is 7.99. The highest BCUT2D eigenvalue weighted by Gasteiger charge is 2.29. The van der Waals surface area contributed by atoms with E-state index in [-0.39, 0.29) is 18.7 Å². The number of halogens is 5. The Morgan fingerprint density at radius 2 is 1.59 bits per heavy atom. The van der Waals surface area contributed by atoms with Crippen molar-refractivity contribution in [1.29, 1.82) is 0 Å². The van der Waals surface area contributed by atoms with Crippen LogP contribution in [-0.4, -0.2) is 5.91 Å². The van der Waals surface area contributed by atoms with Crippen LogP contribution in [0.4, 0.5) is 33.3 Å². The predicted octanol–water partition coefficient (Wildman–Crippen LogP) is 6.50. The number of carbonyl (C=O) groups is 1. The van der Waals surface area contributed by atoms with Gasteiger partial charge in [-0.25, -0.2) is 8.78 Å². The topological polar surface area (TPSA) is 41.1 Å². The fourth-order valence-electron chi connectivity index (χ4n) is 2.72. The summed E-state index contributed by atoms with van der Waals surface area (Å²) >= 11 is 0. The van der Waals surface area contributed by atoms with Crippen LogP contribution < -0.4 is 10.6 Å². The number of anilines is 2. The van der Waals surface area contributed by atoms with Crippen molar-refractivity contribution in [3.05, 3.63) is 59.2 Å². The number of alkyl halides is 3. The summed E-state index contributed by atoms with van der Waals surface area (Å²) in [6.07, 6.45) is -0.695. The molecule has 0 aliphatic heterocycles. The molecule has 0 heterocycles. The summed E-state index contributed by atoms with van der Waals surface area (Å²) in [5.41, 5.74) is -0.650. The third-order valence-corrected chi connectivity index (χ3v) is 4.34. The van der Waals surface area contributed by atoms with Gasteiger partial charge in [0.05, 0.1) is 5.56 Å². The van der Waals surface area contributed by atoms with Crippen LogP contribution in [0, 0.1) is 11.6 Å². The molecule has 0 saturated heterocycles. The number of unbranched alkanes of at least 4 members (excludes halogenated alkanes) is 3. The lowest BCUT2D eigenvalue weighted by molar-refractivity contribution is -0.137. The van der Waals surface area contributed by atoms with Gasteiger partial charge in [0.25, 0.3) is 0 Å². The normalized spacial score (nSPS) is 11.4. The highest BCUT2D eigenvalue weighted by molar-refractivity contribution is 5.91. The van der Waals surface area contributed by atoms with E-state index in [9.17, 15) is 26.7 Å². The van der Waals surface area contributed by atoms with E-state index in [1.54, 1.807) is 0 Å². The monoisotopic (exact) mass is 414 g/mol. The largest absolute Gasteiger partial charge is 0.416 e. The van der Waals surface area contributed by atoms with E-state index in [2.05, 4.69) is 10.6 Å². The van der Waals surface area contributed by atoms with E-state index >= 15 is 0 Å². The van der Waals surface area contributed by atoms with Crippen LogP contribution in [0.5, 0.6) is 0 Å². The van der Waals surface area contributed by atoms with Gasteiger partial charge in [0.1, 0.15) is 5.69 Å². The molecule has 0 atom stereocenters. The first-order valence-corrected chi connectivity index (χ1v) is 9.39. The number of nitrogens with one attached hydrogen (secondary N) is 2. The van der Waals surface area contributed by atoms with Gasteiger partial charge >= 0.3 is 6.18 Å². The van der Waals surface area contributed by atoms with Gasteiger partial charge in [-0.1, -0.05) is 38.3 Å².